The predicted octanol–water partition coefficient (Wildman–Crippen LogP) is 4.30. The summed E-state index contributed by atoms with van der Waals surface area (Å²) in [6, 6.07) is 9.68. The van der Waals surface area contributed by atoms with E-state index >= 15 is 0 Å². The van der Waals surface area contributed by atoms with E-state index in [1.165, 1.54) is 27.8 Å². The molecule has 4 heterocycles. The molecule has 8 heteroatoms. The summed E-state index contributed by atoms with van der Waals surface area (Å²) >= 11 is 1.36. The first kappa shape index (κ1) is 22.7. The Balaban J connectivity index is 1.53. The quantitative estimate of drug-likeness (QED) is 0.464. The van der Waals surface area contributed by atoms with Crippen molar-refractivity contribution in [3.05, 3.63) is 69.4 Å². The van der Waals surface area contributed by atoms with Crippen LogP contribution >= 0.6 is 11.3 Å². The van der Waals surface area contributed by atoms with Gasteiger partial charge in [-0.3, -0.25) is 14.2 Å². The molecule has 1 N–H and O–H groups in total. The van der Waals surface area contributed by atoms with Crippen molar-refractivity contribution < 1.29 is 9.53 Å². The molecule has 7 nitrogen and oxygen atoms in total. The number of thiophene rings is 1. The molecule has 0 atom stereocenters. The van der Waals surface area contributed by atoms with Crippen LogP contribution in [0.2, 0.25) is 0 Å². The highest BCUT2D eigenvalue weighted by Crippen LogP contribution is 2.41. The summed E-state index contributed by atoms with van der Waals surface area (Å²) in [6.45, 7) is 9.27. The van der Waals surface area contributed by atoms with Crippen LogP contribution in [0.1, 0.15) is 56.0 Å². The van der Waals surface area contributed by atoms with Crippen LogP contribution in [0.4, 0.5) is 0 Å². The van der Waals surface area contributed by atoms with Crippen LogP contribution in [0.15, 0.2) is 41.5 Å². The zero-order valence-corrected chi connectivity index (χ0v) is 20.7. The number of carbonyl (C=O) groups excluding carboxylic acids is 1. The third-order valence-electron chi connectivity index (χ3n) is 6.25. The highest BCUT2D eigenvalue weighted by molar-refractivity contribution is 7.25. The molecule has 0 spiro atoms. The molecule has 1 aromatic carbocycles. The molecule has 1 amide bonds. The molecule has 0 unspecified atom stereocenters. The molecule has 0 saturated carbocycles. The monoisotopic (exact) mass is 476 g/mol. The Morgan fingerprint density at radius 1 is 1.24 bits per heavy atom. The topological polar surface area (TPSA) is 86.1 Å². The van der Waals surface area contributed by atoms with Crippen molar-refractivity contribution in [2.75, 3.05) is 0 Å². The van der Waals surface area contributed by atoms with Gasteiger partial charge in [0.25, 0.3) is 5.56 Å². The lowest BCUT2D eigenvalue weighted by Crippen LogP contribution is -2.33. The third kappa shape index (κ3) is 4.12. The number of nitrogens with one attached hydrogen (secondary N) is 1. The van der Waals surface area contributed by atoms with Crippen molar-refractivity contribution in [3.8, 4) is 0 Å². The van der Waals surface area contributed by atoms with E-state index in [-0.39, 0.29) is 29.5 Å². The number of nitrogens with zero attached hydrogens (tertiary/aromatic N) is 3. The van der Waals surface area contributed by atoms with Gasteiger partial charge in [-0.25, -0.2) is 9.97 Å². The number of carbonyl (C=O) groups is 1. The fourth-order valence-electron chi connectivity index (χ4n) is 4.52. The van der Waals surface area contributed by atoms with Crippen LogP contribution in [-0.2, 0) is 35.6 Å². The van der Waals surface area contributed by atoms with Crippen LogP contribution in [0.3, 0.4) is 0 Å². The van der Waals surface area contributed by atoms with Gasteiger partial charge in [-0.2, -0.15) is 0 Å². The van der Waals surface area contributed by atoms with Crippen molar-refractivity contribution in [2.24, 2.45) is 0 Å². The summed E-state index contributed by atoms with van der Waals surface area (Å²) < 4.78 is 8.01. The molecule has 0 fully saturated rings. The van der Waals surface area contributed by atoms with Crippen molar-refractivity contribution >= 4 is 37.7 Å². The van der Waals surface area contributed by atoms with Crippen LogP contribution in [-0.4, -0.2) is 26.0 Å². The molecule has 3 aromatic heterocycles. The average Bonchev–Trinajstić information content (AvgIpc) is 3.18. The maximum Gasteiger partial charge on any atom is 0.271 e. The third-order valence-corrected chi connectivity index (χ3v) is 7.31. The minimum absolute atomic E-state index is 0.0769. The highest BCUT2D eigenvalue weighted by atomic mass is 32.1. The Morgan fingerprint density at radius 2 is 2.00 bits per heavy atom. The van der Waals surface area contributed by atoms with Crippen molar-refractivity contribution in [1.82, 2.24) is 19.9 Å². The summed E-state index contributed by atoms with van der Waals surface area (Å²) in [6.07, 6.45) is 2.21. The number of fused-ring (bicyclic) bond motifs is 5. The molecule has 0 bridgehead atoms. The standard InChI is InChI=1S/C26H28N4O3S/c1-15(2)21-18-13-33-26(3,4)10-17(18)20-22-23(34-24(20)29-21)25(32)30(14-28-22)12-19(31)27-11-16-8-6-5-7-9-16/h5-9,14-15H,10-13H2,1-4H3,(H,27,31). The van der Waals surface area contributed by atoms with Gasteiger partial charge in [0, 0.05) is 23.9 Å². The van der Waals surface area contributed by atoms with E-state index in [0.717, 1.165) is 33.5 Å². The number of rotatable bonds is 5. The summed E-state index contributed by atoms with van der Waals surface area (Å²) in [7, 11) is 0. The zero-order valence-electron chi connectivity index (χ0n) is 19.8. The predicted molar refractivity (Wildman–Crippen MR) is 134 cm³/mol. The molecular formula is C26H28N4O3S. The zero-order chi connectivity index (χ0) is 24.0. The van der Waals surface area contributed by atoms with Gasteiger partial charge in [0.1, 0.15) is 16.1 Å². The van der Waals surface area contributed by atoms with Gasteiger partial charge in [-0.15, -0.1) is 11.3 Å². The van der Waals surface area contributed by atoms with Crippen molar-refractivity contribution in [3.63, 3.8) is 0 Å². The lowest BCUT2D eigenvalue weighted by molar-refractivity contribution is -0.121. The number of benzene rings is 1. The molecule has 0 aliphatic carbocycles. The fraction of sp³-hybridized carbons (Fsp3) is 0.385. The number of aromatic nitrogens is 3. The average molecular weight is 477 g/mol. The summed E-state index contributed by atoms with van der Waals surface area (Å²) in [4.78, 5) is 36.2. The molecule has 1 aliphatic heterocycles. The number of hydrogen-bond acceptors (Lipinski definition) is 6. The minimum Gasteiger partial charge on any atom is -0.370 e. The maximum atomic E-state index is 13.3. The lowest BCUT2D eigenvalue weighted by Gasteiger charge is -2.33. The molecule has 4 aromatic rings. The molecule has 1 aliphatic rings. The summed E-state index contributed by atoms with van der Waals surface area (Å²) in [5, 5.41) is 3.82. The van der Waals surface area contributed by atoms with Gasteiger partial charge < -0.3 is 10.1 Å². The number of ether oxygens (including phenoxy) is 1. The smallest absolute Gasteiger partial charge is 0.271 e. The molecule has 0 radical (unpaired) electrons. The normalized spacial score (nSPS) is 15.1. The first-order valence-corrected chi connectivity index (χ1v) is 12.3. The van der Waals surface area contributed by atoms with Crippen LogP contribution in [0.25, 0.3) is 20.4 Å². The first-order valence-electron chi connectivity index (χ1n) is 11.5. The van der Waals surface area contributed by atoms with E-state index in [1.54, 1.807) is 0 Å². The molecule has 176 valence electrons. The second-order valence-corrected chi connectivity index (χ2v) is 10.7. The van der Waals surface area contributed by atoms with E-state index in [4.69, 9.17) is 9.72 Å². The van der Waals surface area contributed by atoms with Gasteiger partial charge >= 0.3 is 0 Å². The van der Waals surface area contributed by atoms with Gasteiger partial charge in [0.15, 0.2) is 0 Å². The van der Waals surface area contributed by atoms with E-state index in [2.05, 4.69) is 38.0 Å². The SMILES string of the molecule is CC(C)c1nc2sc3c(=O)n(CC(=O)NCc4ccccc4)cnc3c2c2c1COC(C)(C)C2. The van der Waals surface area contributed by atoms with Crippen molar-refractivity contribution in [2.45, 2.75) is 65.3 Å². The number of amides is 1. The summed E-state index contributed by atoms with van der Waals surface area (Å²) in [5.41, 5.74) is 4.48. The second kappa shape index (κ2) is 8.60. The van der Waals surface area contributed by atoms with Crippen LogP contribution in [0, 0.1) is 0 Å². The van der Waals surface area contributed by atoms with Crippen LogP contribution in [0.5, 0.6) is 0 Å². The van der Waals surface area contributed by atoms with Crippen molar-refractivity contribution in [1.29, 1.82) is 0 Å². The van der Waals surface area contributed by atoms with Gasteiger partial charge in [-0.1, -0.05) is 44.2 Å². The second-order valence-electron chi connectivity index (χ2n) is 9.73. The number of pyridine rings is 1. The Hall–Kier alpha value is -3.10. The molecule has 5 rings (SSSR count). The highest BCUT2D eigenvalue weighted by Gasteiger charge is 2.32. The van der Waals surface area contributed by atoms with Gasteiger partial charge in [0.05, 0.1) is 29.7 Å². The molecule has 34 heavy (non-hydrogen) atoms. The summed E-state index contributed by atoms with van der Waals surface area (Å²) in [5.74, 6) is 0.0100. The van der Waals surface area contributed by atoms with Gasteiger partial charge in [-0.05, 0) is 30.9 Å². The Kier molecular flexibility index (Phi) is 5.73. The molecular weight excluding hydrogens is 448 g/mol. The Bertz CT molecular complexity index is 1450. The largest absolute Gasteiger partial charge is 0.370 e. The van der Waals surface area contributed by atoms with E-state index < -0.39 is 0 Å². The van der Waals surface area contributed by atoms with E-state index in [9.17, 15) is 9.59 Å². The molecule has 0 saturated heterocycles. The fourth-order valence-corrected chi connectivity index (χ4v) is 5.64. The minimum atomic E-state index is -0.296. The van der Waals surface area contributed by atoms with E-state index in [0.29, 0.717) is 23.4 Å². The maximum absolute atomic E-state index is 13.3. The number of hydrogen-bond donors (Lipinski definition) is 1. The van der Waals surface area contributed by atoms with Crippen LogP contribution < -0.4 is 10.9 Å². The Labute approximate surface area is 201 Å². The van der Waals surface area contributed by atoms with Gasteiger partial charge in [0.2, 0.25) is 5.91 Å². The Morgan fingerprint density at radius 3 is 2.74 bits per heavy atom. The first-order chi connectivity index (χ1) is 16.2. The van der Waals surface area contributed by atoms with E-state index in [1.807, 2.05) is 30.3 Å². The lowest BCUT2D eigenvalue weighted by atomic mass is 9.87.